The monoisotopic (exact) mass is 168 g/mol. The number of hydrogen-bond donors (Lipinski definition) is 2. The number of rotatable bonds is 4. The lowest BCUT2D eigenvalue weighted by Crippen LogP contribution is -2.36. The summed E-state index contributed by atoms with van der Waals surface area (Å²) in [6.07, 6.45) is 2.70. The molecule has 0 spiro atoms. The molecule has 0 bridgehead atoms. The minimum atomic E-state index is 0.832. The smallest absolute Gasteiger partial charge is 0.0159 e. The van der Waals surface area contributed by atoms with Crippen LogP contribution in [0.3, 0.4) is 0 Å². The Labute approximate surface area is 75.4 Å². The highest BCUT2D eigenvalue weighted by Crippen LogP contribution is 2.07. The summed E-state index contributed by atoms with van der Waals surface area (Å²) in [5, 5.41) is 6.83. The van der Waals surface area contributed by atoms with Crippen molar-refractivity contribution >= 4 is 0 Å². The van der Waals surface area contributed by atoms with Crippen molar-refractivity contribution in [3.05, 3.63) is 12.2 Å². The van der Waals surface area contributed by atoms with Crippen LogP contribution in [0.5, 0.6) is 0 Å². The second kappa shape index (κ2) is 5.33. The van der Waals surface area contributed by atoms with Gasteiger partial charge in [-0.25, -0.2) is 0 Å². The Balaban J connectivity index is 2.01. The maximum Gasteiger partial charge on any atom is 0.0159 e. The summed E-state index contributed by atoms with van der Waals surface area (Å²) in [5.74, 6) is 0.832. The molecule has 1 aliphatic rings. The molecule has 1 aliphatic heterocycles. The first-order valence-electron chi connectivity index (χ1n) is 4.85. The predicted molar refractivity (Wildman–Crippen MR) is 53.3 cm³/mol. The van der Waals surface area contributed by atoms with E-state index in [9.17, 15) is 0 Å². The van der Waals surface area contributed by atoms with E-state index in [2.05, 4.69) is 24.1 Å². The molecule has 0 aromatic carbocycles. The summed E-state index contributed by atoms with van der Waals surface area (Å²) in [6, 6.07) is 0. The van der Waals surface area contributed by atoms with Gasteiger partial charge in [-0.1, -0.05) is 12.2 Å². The highest BCUT2D eigenvalue weighted by molar-refractivity contribution is 4.90. The number of piperidine rings is 1. The van der Waals surface area contributed by atoms with Crippen LogP contribution in [0.4, 0.5) is 0 Å². The van der Waals surface area contributed by atoms with Gasteiger partial charge in [0.15, 0.2) is 0 Å². The average molecular weight is 168 g/mol. The molecular weight excluding hydrogens is 148 g/mol. The Kier molecular flexibility index (Phi) is 4.33. The second-order valence-corrected chi connectivity index (χ2v) is 3.80. The molecule has 0 saturated carbocycles. The highest BCUT2D eigenvalue weighted by atomic mass is 14.9. The molecule has 1 rings (SSSR count). The largest absolute Gasteiger partial charge is 0.316 e. The average Bonchev–Trinajstić information content (AvgIpc) is 2.05. The topological polar surface area (TPSA) is 24.1 Å². The van der Waals surface area contributed by atoms with Gasteiger partial charge in [-0.2, -0.15) is 0 Å². The molecule has 12 heavy (non-hydrogen) atoms. The molecule has 2 heteroatoms. The summed E-state index contributed by atoms with van der Waals surface area (Å²) in [4.78, 5) is 0. The van der Waals surface area contributed by atoms with Crippen molar-refractivity contribution in [3.8, 4) is 0 Å². The van der Waals surface area contributed by atoms with Crippen molar-refractivity contribution in [1.82, 2.24) is 10.6 Å². The molecule has 1 fully saturated rings. The Bertz CT molecular complexity index is 137. The second-order valence-electron chi connectivity index (χ2n) is 3.80. The normalized spacial score (nSPS) is 23.9. The quantitative estimate of drug-likeness (QED) is 0.615. The van der Waals surface area contributed by atoms with Crippen molar-refractivity contribution in [2.75, 3.05) is 26.2 Å². The van der Waals surface area contributed by atoms with Crippen LogP contribution in [0.25, 0.3) is 0 Å². The van der Waals surface area contributed by atoms with Gasteiger partial charge >= 0.3 is 0 Å². The van der Waals surface area contributed by atoms with Crippen LogP contribution in [-0.4, -0.2) is 26.2 Å². The van der Waals surface area contributed by atoms with E-state index < -0.39 is 0 Å². The lowest BCUT2D eigenvalue weighted by atomic mass is 10.00. The summed E-state index contributed by atoms with van der Waals surface area (Å²) in [5.41, 5.74) is 1.22. The van der Waals surface area contributed by atoms with Crippen molar-refractivity contribution < 1.29 is 0 Å². The van der Waals surface area contributed by atoms with Gasteiger partial charge in [0.2, 0.25) is 0 Å². The van der Waals surface area contributed by atoms with E-state index in [0.717, 1.165) is 19.0 Å². The van der Waals surface area contributed by atoms with E-state index in [4.69, 9.17) is 0 Å². The molecule has 0 aliphatic carbocycles. The van der Waals surface area contributed by atoms with Crippen LogP contribution >= 0.6 is 0 Å². The van der Waals surface area contributed by atoms with Crippen LogP contribution in [0.2, 0.25) is 0 Å². The zero-order chi connectivity index (χ0) is 8.81. The van der Waals surface area contributed by atoms with Crippen LogP contribution in [0.1, 0.15) is 19.8 Å². The zero-order valence-electron chi connectivity index (χ0n) is 8.03. The van der Waals surface area contributed by atoms with Gasteiger partial charge in [0.1, 0.15) is 0 Å². The van der Waals surface area contributed by atoms with Crippen LogP contribution in [0.15, 0.2) is 12.2 Å². The predicted octanol–water partition coefficient (Wildman–Crippen LogP) is 1.15. The van der Waals surface area contributed by atoms with E-state index in [1.54, 1.807) is 0 Å². The van der Waals surface area contributed by atoms with Gasteiger partial charge in [0, 0.05) is 6.54 Å². The fourth-order valence-electron chi connectivity index (χ4n) is 1.59. The van der Waals surface area contributed by atoms with Gasteiger partial charge in [0.25, 0.3) is 0 Å². The minimum absolute atomic E-state index is 0.832. The molecular formula is C10H20N2. The summed E-state index contributed by atoms with van der Waals surface area (Å²) in [6.45, 7) is 10.4. The van der Waals surface area contributed by atoms with Crippen LogP contribution in [0, 0.1) is 5.92 Å². The van der Waals surface area contributed by atoms with E-state index in [1.165, 1.54) is 31.5 Å². The van der Waals surface area contributed by atoms with E-state index >= 15 is 0 Å². The first-order chi connectivity index (χ1) is 5.79. The third kappa shape index (κ3) is 3.88. The summed E-state index contributed by atoms with van der Waals surface area (Å²) >= 11 is 0. The summed E-state index contributed by atoms with van der Waals surface area (Å²) in [7, 11) is 0. The Morgan fingerprint density at radius 1 is 1.67 bits per heavy atom. The van der Waals surface area contributed by atoms with Gasteiger partial charge in [-0.05, 0) is 45.3 Å². The highest BCUT2D eigenvalue weighted by Gasteiger charge is 2.11. The van der Waals surface area contributed by atoms with E-state index in [-0.39, 0.29) is 0 Å². The number of hydrogen-bond acceptors (Lipinski definition) is 2. The van der Waals surface area contributed by atoms with Crippen molar-refractivity contribution in [1.29, 1.82) is 0 Å². The fourth-order valence-corrected chi connectivity index (χ4v) is 1.59. The molecule has 2 N–H and O–H groups in total. The maximum absolute atomic E-state index is 3.86. The molecule has 1 saturated heterocycles. The molecule has 0 aromatic rings. The standard InChI is InChI=1S/C10H20N2/c1-9(2)6-12-8-10-4-3-5-11-7-10/h10-12H,1,3-8H2,2H3. The third-order valence-electron chi connectivity index (χ3n) is 2.26. The summed E-state index contributed by atoms with van der Waals surface area (Å²) < 4.78 is 0. The van der Waals surface area contributed by atoms with Crippen molar-refractivity contribution in [2.45, 2.75) is 19.8 Å². The SMILES string of the molecule is C=C(C)CNCC1CCCNC1. The molecule has 0 amide bonds. The van der Waals surface area contributed by atoms with E-state index in [0.29, 0.717) is 0 Å². The molecule has 2 nitrogen and oxygen atoms in total. The molecule has 70 valence electrons. The lowest BCUT2D eigenvalue weighted by Gasteiger charge is -2.22. The fraction of sp³-hybridized carbons (Fsp3) is 0.800. The maximum atomic E-state index is 3.86. The van der Waals surface area contributed by atoms with Gasteiger partial charge in [0.05, 0.1) is 0 Å². The van der Waals surface area contributed by atoms with Crippen molar-refractivity contribution in [3.63, 3.8) is 0 Å². The molecule has 1 unspecified atom stereocenters. The Hall–Kier alpha value is -0.340. The molecule has 1 heterocycles. The van der Waals surface area contributed by atoms with Crippen LogP contribution < -0.4 is 10.6 Å². The number of nitrogens with one attached hydrogen (secondary N) is 2. The first kappa shape index (κ1) is 9.75. The van der Waals surface area contributed by atoms with E-state index in [1.807, 2.05) is 0 Å². The Morgan fingerprint density at radius 2 is 2.50 bits per heavy atom. The van der Waals surface area contributed by atoms with Gasteiger partial charge < -0.3 is 10.6 Å². The van der Waals surface area contributed by atoms with Gasteiger partial charge in [-0.3, -0.25) is 0 Å². The zero-order valence-corrected chi connectivity index (χ0v) is 8.03. The molecule has 0 radical (unpaired) electrons. The Morgan fingerprint density at radius 3 is 3.08 bits per heavy atom. The third-order valence-corrected chi connectivity index (χ3v) is 2.26. The van der Waals surface area contributed by atoms with Gasteiger partial charge in [-0.15, -0.1) is 0 Å². The minimum Gasteiger partial charge on any atom is -0.316 e. The van der Waals surface area contributed by atoms with Crippen molar-refractivity contribution in [2.24, 2.45) is 5.92 Å². The first-order valence-corrected chi connectivity index (χ1v) is 4.85. The lowest BCUT2D eigenvalue weighted by molar-refractivity contribution is 0.364. The molecule has 0 aromatic heterocycles. The van der Waals surface area contributed by atoms with Crippen LogP contribution in [-0.2, 0) is 0 Å². The molecule has 1 atom stereocenters.